The molecule has 0 radical (unpaired) electrons. The van der Waals surface area contributed by atoms with E-state index in [2.05, 4.69) is 22.0 Å². The molecule has 166 valence electrons. The number of carbonyl (C=O) groups is 1. The van der Waals surface area contributed by atoms with Crippen LogP contribution in [0.5, 0.6) is 0 Å². The fourth-order valence-corrected chi connectivity index (χ4v) is 5.18. The Morgan fingerprint density at radius 1 is 1.29 bits per heavy atom. The predicted molar refractivity (Wildman–Crippen MR) is 116 cm³/mol. The van der Waals surface area contributed by atoms with Crippen LogP contribution in [0.1, 0.15) is 25.3 Å². The number of urea groups is 1. The molecule has 2 fully saturated rings. The first-order chi connectivity index (χ1) is 15.0. The molecule has 9 heteroatoms. The number of amidine groups is 1. The average Bonchev–Trinajstić information content (AvgIpc) is 3.35. The van der Waals surface area contributed by atoms with Crippen LogP contribution in [-0.4, -0.2) is 65.6 Å². The molecule has 31 heavy (non-hydrogen) atoms. The number of fused-ring (bicyclic) bond motifs is 1. The van der Waals surface area contributed by atoms with Crippen molar-refractivity contribution in [3.8, 4) is 0 Å². The lowest BCUT2D eigenvalue weighted by molar-refractivity contribution is 0.0459. The summed E-state index contributed by atoms with van der Waals surface area (Å²) in [5.74, 6) is 1.48. The van der Waals surface area contributed by atoms with Crippen molar-refractivity contribution in [2.24, 2.45) is 16.8 Å². The van der Waals surface area contributed by atoms with Gasteiger partial charge < -0.3 is 9.64 Å². The van der Waals surface area contributed by atoms with E-state index in [0.717, 1.165) is 32.6 Å². The van der Waals surface area contributed by atoms with Gasteiger partial charge in [-0.15, -0.1) is 0 Å². The van der Waals surface area contributed by atoms with Crippen LogP contribution in [0.15, 0.2) is 35.2 Å². The number of amides is 2. The van der Waals surface area contributed by atoms with E-state index in [1.807, 2.05) is 6.20 Å². The summed E-state index contributed by atoms with van der Waals surface area (Å²) in [6.07, 6.45) is 3.93. The van der Waals surface area contributed by atoms with Gasteiger partial charge in [-0.25, -0.2) is 14.2 Å². The Morgan fingerprint density at radius 3 is 2.87 bits per heavy atom. The number of halogens is 2. The molecule has 5 rings (SSSR count). The molecule has 1 N–H and O–H groups in total. The summed E-state index contributed by atoms with van der Waals surface area (Å²) in [6.45, 7) is 6.12. The summed E-state index contributed by atoms with van der Waals surface area (Å²) in [7, 11) is 0. The van der Waals surface area contributed by atoms with Crippen LogP contribution in [0, 0.1) is 17.7 Å². The van der Waals surface area contributed by atoms with Crippen molar-refractivity contribution in [2.75, 3.05) is 33.0 Å². The van der Waals surface area contributed by atoms with Crippen LogP contribution < -0.4 is 5.32 Å². The van der Waals surface area contributed by atoms with Gasteiger partial charge in [-0.05, 0) is 30.9 Å². The number of likely N-dealkylation sites (tertiary alicyclic amines) is 1. The number of hydrogen-bond donors (Lipinski definition) is 1. The lowest BCUT2D eigenvalue weighted by Gasteiger charge is -2.32. The monoisotopic (exact) mass is 447 g/mol. The van der Waals surface area contributed by atoms with Crippen LogP contribution in [0.25, 0.3) is 0 Å². The van der Waals surface area contributed by atoms with E-state index in [-0.39, 0.29) is 23.7 Å². The molecule has 7 nitrogen and oxygen atoms in total. The van der Waals surface area contributed by atoms with E-state index < -0.39 is 0 Å². The molecule has 1 aromatic carbocycles. The molecule has 2 atom stereocenters. The van der Waals surface area contributed by atoms with Gasteiger partial charge in [0.1, 0.15) is 18.3 Å². The zero-order valence-corrected chi connectivity index (χ0v) is 18.3. The molecule has 0 bridgehead atoms. The lowest BCUT2D eigenvalue weighted by atomic mass is 9.96. The second-order valence-corrected chi connectivity index (χ2v) is 9.23. The first-order valence-corrected chi connectivity index (χ1v) is 11.2. The Hall–Kier alpha value is -2.16. The fourth-order valence-electron chi connectivity index (χ4n) is 4.95. The van der Waals surface area contributed by atoms with Crippen LogP contribution in [0.3, 0.4) is 0 Å². The number of hydrogen-bond acceptors (Lipinski definition) is 5. The first-order valence-electron chi connectivity index (χ1n) is 10.9. The number of ether oxygens (including phenoxy) is 1. The molecule has 4 aliphatic heterocycles. The zero-order valence-electron chi connectivity index (χ0n) is 17.6. The Kier molecular flexibility index (Phi) is 5.62. The maximum Gasteiger partial charge on any atom is 0.329 e. The van der Waals surface area contributed by atoms with E-state index in [0.29, 0.717) is 48.0 Å². The number of benzene rings is 1. The van der Waals surface area contributed by atoms with Crippen LogP contribution >= 0.6 is 11.6 Å². The van der Waals surface area contributed by atoms with Gasteiger partial charge in [0.05, 0.1) is 0 Å². The Morgan fingerprint density at radius 2 is 2.10 bits per heavy atom. The van der Waals surface area contributed by atoms with Gasteiger partial charge in [0.15, 0.2) is 5.82 Å². The maximum absolute atomic E-state index is 14.2. The van der Waals surface area contributed by atoms with E-state index in [9.17, 15) is 9.18 Å². The normalized spacial score (nSPS) is 27.3. The van der Waals surface area contributed by atoms with Crippen LogP contribution in [-0.2, 0) is 11.3 Å². The number of rotatable bonds is 4. The van der Waals surface area contributed by atoms with Crippen molar-refractivity contribution in [1.29, 1.82) is 0 Å². The van der Waals surface area contributed by atoms with Gasteiger partial charge >= 0.3 is 6.03 Å². The smallest absolute Gasteiger partial charge is 0.329 e. The highest BCUT2D eigenvalue weighted by molar-refractivity contribution is 6.31. The second kappa shape index (κ2) is 8.41. The highest BCUT2D eigenvalue weighted by atomic mass is 35.5. The van der Waals surface area contributed by atoms with Crippen molar-refractivity contribution in [2.45, 2.75) is 32.4 Å². The van der Waals surface area contributed by atoms with Crippen LogP contribution in [0.4, 0.5) is 9.18 Å². The quantitative estimate of drug-likeness (QED) is 0.769. The van der Waals surface area contributed by atoms with Gasteiger partial charge in [-0.2, -0.15) is 0 Å². The minimum Gasteiger partial charge on any atom is -0.381 e. The topological polar surface area (TPSA) is 60.4 Å². The zero-order chi connectivity index (χ0) is 21.5. The summed E-state index contributed by atoms with van der Waals surface area (Å²) >= 11 is 6.21. The van der Waals surface area contributed by atoms with Crippen molar-refractivity contribution < 1.29 is 13.9 Å². The predicted octanol–water partition coefficient (Wildman–Crippen LogP) is 3.22. The largest absolute Gasteiger partial charge is 0.381 e. The third kappa shape index (κ3) is 4.04. The molecule has 4 heterocycles. The van der Waals surface area contributed by atoms with E-state index in [1.165, 1.54) is 6.07 Å². The summed E-state index contributed by atoms with van der Waals surface area (Å²) in [5.41, 5.74) is 0.517. The first kappa shape index (κ1) is 20.7. The van der Waals surface area contributed by atoms with Gasteiger partial charge in [0.25, 0.3) is 0 Å². The minimum absolute atomic E-state index is 0.0784. The Bertz CT molecular complexity index is 912. The summed E-state index contributed by atoms with van der Waals surface area (Å²) in [6, 6.07) is 5.02. The molecule has 2 unspecified atom stereocenters. The van der Waals surface area contributed by atoms with Gasteiger partial charge in [0.2, 0.25) is 0 Å². The minimum atomic E-state index is -0.285. The number of aliphatic imine (C=N–C) groups is 1. The summed E-state index contributed by atoms with van der Waals surface area (Å²) in [4.78, 5) is 23.7. The molecule has 0 spiro atoms. The molecule has 2 amide bonds. The Labute approximate surface area is 186 Å². The summed E-state index contributed by atoms with van der Waals surface area (Å²) < 4.78 is 19.7. The van der Waals surface area contributed by atoms with E-state index in [4.69, 9.17) is 21.3 Å². The number of nitrogens with zero attached hydrogens (tertiary/aromatic N) is 4. The third-order valence-corrected chi connectivity index (χ3v) is 7.07. The molecule has 1 aromatic rings. The average molecular weight is 448 g/mol. The molecule has 0 saturated carbocycles. The highest BCUT2D eigenvalue weighted by Gasteiger charge is 2.40. The van der Waals surface area contributed by atoms with Crippen molar-refractivity contribution in [3.05, 3.63) is 46.6 Å². The van der Waals surface area contributed by atoms with Gasteiger partial charge in [-0.3, -0.25) is 15.1 Å². The standard InChI is InChI=1S/C22H27ClFN5O2/c1-14-9-27(11-17-18(23)3-2-4-19(17)24)10-16(14)21-25-20-12-28(13-29(20)22(30)26-21)15-5-7-31-8-6-15/h2-4,12,14-16H,5-11,13H2,1H3,(H,25,26,30). The highest BCUT2D eigenvalue weighted by Crippen LogP contribution is 2.31. The van der Waals surface area contributed by atoms with Crippen molar-refractivity contribution in [1.82, 2.24) is 20.0 Å². The fraction of sp³-hybridized carbons (Fsp3) is 0.545. The number of nitrogens with one attached hydrogen (secondary N) is 1. The maximum atomic E-state index is 14.2. The third-order valence-electron chi connectivity index (χ3n) is 6.72. The molecule has 0 aromatic heterocycles. The molecule has 4 aliphatic rings. The molecular formula is C22H27ClFN5O2. The van der Waals surface area contributed by atoms with Crippen molar-refractivity contribution >= 4 is 23.5 Å². The van der Waals surface area contributed by atoms with Gasteiger partial charge in [-0.1, -0.05) is 24.6 Å². The van der Waals surface area contributed by atoms with Gasteiger partial charge in [0, 0.05) is 61.6 Å². The SMILES string of the molecule is CC1CN(Cc2c(F)cccc2Cl)CC1C1=NC2=CN(C3CCOCC3)CN2C(=O)N1. The van der Waals surface area contributed by atoms with E-state index >= 15 is 0 Å². The molecule has 0 aliphatic carbocycles. The summed E-state index contributed by atoms with van der Waals surface area (Å²) in [5, 5.41) is 3.45. The molecule has 2 saturated heterocycles. The Balaban J connectivity index is 1.31. The number of carbonyl (C=O) groups excluding carboxylic acids is 1. The second-order valence-electron chi connectivity index (χ2n) is 8.82. The van der Waals surface area contributed by atoms with Crippen LogP contribution in [0.2, 0.25) is 5.02 Å². The van der Waals surface area contributed by atoms with Crippen molar-refractivity contribution in [3.63, 3.8) is 0 Å². The van der Waals surface area contributed by atoms with E-state index in [1.54, 1.807) is 17.0 Å². The lowest BCUT2D eigenvalue weighted by Crippen LogP contribution is -2.50. The molecular weight excluding hydrogens is 421 g/mol.